The summed E-state index contributed by atoms with van der Waals surface area (Å²) in [5, 5.41) is 12.0. The van der Waals surface area contributed by atoms with Gasteiger partial charge >= 0.3 is 5.97 Å². The van der Waals surface area contributed by atoms with E-state index in [1.165, 1.54) is 0 Å². The predicted octanol–water partition coefficient (Wildman–Crippen LogP) is 3.12. The van der Waals surface area contributed by atoms with Crippen molar-refractivity contribution in [1.82, 2.24) is 5.32 Å². The number of rotatable bonds is 8. The lowest BCUT2D eigenvalue weighted by Crippen LogP contribution is -2.42. The van der Waals surface area contributed by atoms with E-state index >= 15 is 0 Å². The monoisotopic (exact) mass is 305 g/mol. The van der Waals surface area contributed by atoms with E-state index in [0.717, 1.165) is 5.56 Å². The fourth-order valence-corrected chi connectivity index (χ4v) is 2.48. The van der Waals surface area contributed by atoms with E-state index in [4.69, 9.17) is 0 Å². The van der Waals surface area contributed by atoms with Crippen LogP contribution in [0.3, 0.4) is 0 Å². The molecule has 0 aliphatic heterocycles. The predicted molar refractivity (Wildman–Crippen MR) is 87.5 cm³/mol. The Morgan fingerprint density at radius 3 is 2.27 bits per heavy atom. The van der Waals surface area contributed by atoms with Crippen molar-refractivity contribution in [2.75, 3.05) is 6.54 Å². The first kappa shape index (κ1) is 18.2. The van der Waals surface area contributed by atoms with E-state index in [1.54, 1.807) is 0 Å². The first-order valence-corrected chi connectivity index (χ1v) is 7.77. The lowest BCUT2D eigenvalue weighted by atomic mass is 9.84. The summed E-state index contributed by atoms with van der Waals surface area (Å²) in [5.74, 6) is -1.20. The van der Waals surface area contributed by atoms with Gasteiger partial charge in [0.1, 0.15) is 0 Å². The number of hydrogen-bond acceptors (Lipinski definition) is 2. The van der Waals surface area contributed by atoms with Gasteiger partial charge in [-0.15, -0.1) is 0 Å². The summed E-state index contributed by atoms with van der Waals surface area (Å²) in [6.07, 6.45) is 1.19. The van der Waals surface area contributed by atoms with E-state index < -0.39 is 17.3 Å². The van der Waals surface area contributed by atoms with Crippen LogP contribution in [-0.2, 0) is 16.0 Å². The number of nitrogens with one attached hydrogen (secondary N) is 1. The molecule has 0 saturated carbocycles. The lowest BCUT2D eigenvalue weighted by Gasteiger charge is -2.25. The molecule has 0 aliphatic rings. The molecule has 1 aromatic carbocycles. The topological polar surface area (TPSA) is 66.4 Å². The van der Waals surface area contributed by atoms with Crippen molar-refractivity contribution in [3.8, 4) is 0 Å². The van der Waals surface area contributed by atoms with Gasteiger partial charge in [-0.25, -0.2) is 0 Å². The summed E-state index contributed by atoms with van der Waals surface area (Å²) in [6, 6.07) is 9.83. The molecule has 0 aromatic heterocycles. The Hall–Kier alpha value is -1.84. The average molecular weight is 305 g/mol. The van der Waals surface area contributed by atoms with Crippen LogP contribution in [0.15, 0.2) is 30.3 Å². The molecule has 1 rings (SSSR count). The highest BCUT2D eigenvalue weighted by atomic mass is 16.4. The second kappa shape index (κ2) is 7.97. The van der Waals surface area contributed by atoms with Crippen molar-refractivity contribution in [3.63, 3.8) is 0 Å². The Morgan fingerprint density at radius 2 is 1.77 bits per heavy atom. The third-order valence-electron chi connectivity index (χ3n) is 3.72. The van der Waals surface area contributed by atoms with Crippen LogP contribution in [0, 0.1) is 17.3 Å². The highest BCUT2D eigenvalue weighted by Gasteiger charge is 2.29. The summed E-state index contributed by atoms with van der Waals surface area (Å²) in [5.41, 5.74) is 0.530. The quantitative estimate of drug-likeness (QED) is 0.775. The van der Waals surface area contributed by atoms with E-state index in [-0.39, 0.29) is 18.4 Å². The van der Waals surface area contributed by atoms with Crippen LogP contribution in [0.25, 0.3) is 0 Å². The van der Waals surface area contributed by atoms with E-state index in [0.29, 0.717) is 12.8 Å². The van der Waals surface area contributed by atoms with E-state index in [2.05, 4.69) is 5.32 Å². The van der Waals surface area contributed by atoms with Gasteiger partial charge in [0.2, 0.25) is 5.91 Å². The molecule has 1 amide bonds. The molecule has 1 unspecified atom stereocenters. The van der Waals surface area contributed by atoms with Crippen molar-refractivity contribution in [1.29, 1.82) is 0 Å². The van der Waals surface area contributed by atoms with Gasteiger partial charge in [0.05, 0.1) is 5.92 Å². The van der Waals surface area contributed by atoms with Crippen LogP contribution in [-0.4, -0.2) is 23.5 Å². The van der Waals surface area contributed by atoms with Gasteiger partial charge in [0.15, 0.2) is 0 Å². The molecule has 2 N–H and O–H groups in total. The van der Waals surface area contributed by atoms with Crippen LogP contribution in [0.2, 0.25) is 0 Å². The number of carbonyl (C=O) groups is 2. The zero-order valence-electron chi connectivity index (χ0n) is 13.9. The van der Waals surface area contributed by atoms with Crippen LogP contribution < -0.4 is 5.32 Å². The third kappa shape index (κ3) is 5.88. The second-order valence-electron chi connectivity index (χ2n) is 6.92. The number of amides is 1. The number of carbonyl (C=O) groups excluding carboxylic acids is 1. The third-order valence-corrected chi connectivity index (χ3v) is 3.72. The Morgan fingerprint density at radius 1 is 1.18 bits per heavy atom. The Balaban J connectivity index is 2.60. The molecule has 0 bridgehead atoms. The molecule has 0 heterocycles. The van der Waals surface area contributed by atoms with Crippen LogP contribution in [0.4, 0.5) is 0 Å². The van der Waals surface area contributed by atoms with Gasteiger partial charge in [0.25, 0.3) is 0 Å². The summed E-state index contributed by atoms with van der Waals surface area (Å²) in [6.45, 7) is 7.92. The van der Waals surface area contributed by atoms with Gasteiger partial charge in [-0.2, -0.15) is 0 Å². The lowest BCUT2D eigenvalue weighted by molar-refractivity contribution is -0.142. The van der Waals surface area contributed by atoms with Crippen LogP contribution in [0.1, 0.15) is 39.7 Å². The van der Waals surface area contributed by atoms with Gasteiger partial charge in [-0.1, -0.05) is 58.0 Å². The Bertz CT molecular complexity index is 494. The zero-order chi connectivity index (χ0) is 16.8. The largest absolute Gasteiger partial charge is 0.481 e. The molecule has 0 fully saturated rings. The SMILES string of the molecule is CC(C)CC(CNC(=O)C(C)(C)Cc1ccccc1)C(=O)O. The molecule has 122 valence electrons. The summed E-state index contributed by atoms with van der Waals surface area (Å²) in [7, 11) is 0. The molecule has 4 nitrogen and oxygen atoms in total. The number of aliphatic carboxylic acids is 1. The van der Waals surface area contributed by atoms with Crippen LogP contribution >= 0.6 is 0 Å². The smallest absolute Gasteiger partial charge is 0.308 e. The highest BCUT2D eigenvalue weighted by Crippen LogP contribution is 2.22. The number of carboxylic acid groups (broad SMARTS) is 1. The first-order valence-electron chi connectivity index (χ1n) is 7.77. The standard InChI is InChI=1S/C18H27NO3/c1-13(2)10-15(16(20)21)12-19-17(22)18(3,4)11-14-8-6-5-7-9-14/h5-9,13,15H,10-12H2,1-4H3,(H,19,22)(H,20,21). The molecule has 1 atom stereocenters. The maximum absolute atomic E-state index is 12.4. The second-order valence-corrected chi connectivity index (χ2v) is 6.92. The molecule has 1 aromatic rings. The maximum atomic E-state index is 12.4. The minimum Gasteiger partial charge on any atom is -0.481 e. The van der Waals surface area contributed by atoms with Crippen molar-refractivity contribution in [2.24, 2.45) is 17.3 Å². The minimum atomic E-state index is -0.852. The van der Waals surface area contributed by atoms with Gasteiger partial charge in [-0.05, 0) is 24.3 Å². The van der Waals surface area contributed by atoms with Gasteiger partial charge in [0, 0.05) is 12.0 Å². The summed E-state index contributed by atoms with van der Waals surface area (Å²) < 4.78 is 0. The highest BCUT2D eigenvalue weighted by molar-refractivity contribution is 5.82. The van der Waals surface area contributed by atoms with Crippen LogP contribution in [0.5, 0.6) is 0 Å². The fourth-order valence-electron chi connectivity index (χ4n) is 2.48. The van der Waals surface area contributed by atoms with Gasteiger partial charge in [-0.3, -0.25) is 9.59 Å². The minimum absolute atomic E-state index is 0.105. The molecule has 0 saturated heterocycles. The summed E-state index contributed by atoms with van der Waals surface area (Å²) >= 11 is 0. The molecular formula is C18H27NO3. The zero-order valence-corrected chi connectivity index (χ0v) is 13.9. The number of carboxylic acids is 1. The first-order chi connectivity index (χ1) is 10.2. The summed E-state index contributed by atoms with van der Waals surface area (Å²) in [4.78, 5) is 23.6. The molecule has 22 heavy (non-hydrogen) atoms. The average Bonchev–Trinajstić information content (AvgIpc) is 2.43. The van der Waals surface area contributed by atoms with Crippen molar-refractivity contribution < 1.29 is 14.7 Å². The Labute approximate surface area is 132 Å². The molecule has 4 heteroatoms. The molecule has 0 aliphatic carbocycles. The normalized spacial score (nSPS) is 13.0. The molecule has 0 spiro atoms. The van der Waals surface area contributed by atoms with Gasteiger partial charge < -0.3 is 10.4 Å². The molecule has 0 radical (unpaired) electrons. The van der Waals surface area contributed by atoms with E-state index in [1.807, 2.05) is 58.0 Å². The Kier molecular flexibility index (Phi) is 6.60. The van der Waals surface area contributed by atoms with Crippen molar-refractivity contribution in [2.45, 2.75) is 40.5 Å². The number of hydrogen-bond donors (Lipinski definition) is 2. The molecular weight excluding hydrogens is 278 g/mol. The maximum Gasteiger partial charge on any atom is 0.308 e. The fraction of sp³-hybridized carbons (Fsp3) is 0.556. The van der Waals surface area contributed by atoms with E-state index in [9.17, 15) is 14.7 Å². The van der Waals surface area contributed by atoms with Crippen molar-refractivity contribution >= 4 is 11.9 Å². The number of benzene rings is 1. The van der Waals surface area contributed by atoms with Crippen molar-refractivity contribution in [3.05, 3.63) is 35.9 Å².